The Morgan fingerprint density at radius 3 is 2.68 bits per heavy atom. The predicted molar refractivity (Wildman–Crippen MR) is 142 cm³/mol. The van der Waals surface area contributed by atoms with Gasteiger partial charge < -0.3 is 25.0 Å². The van der Waals surface area contributed by atoms with Crippen molar-refractivity contribution in [1.29, 1.82) is 0 Å². The van der Waals surface area contributed by atoms with Crippen molar-refractivity contribution in [2.24, 2.45) is 0 Å². The number of hydrogen-bond donors (Lipinski definition) is 3. The number of aliphatic hydroxyl groups excluding tert-OH is 1. The smallest absolute Gasteiger partial charge is 0.303 e. The third-order valence-corrected chi connectivity index (χ3v) is 6.55. The molecule has 0 aliphatic carbocycles. The lowest BCUT2D eigenvalue weighted by molar-refractivity contribution is -0.137. The summed E-state index contributed by atoms with van der Waals surface area (Å²) in [6.45, 7) is 0.846. The number of hydrogen-bond acceptors (Lipinski definition) is 6. The van der Waals surface area contributed by atoms with Crippen molar-refractivity contribution in [3.05, 3.63) is 78.4 Å². The number of fused-ring (bicyclic) bond motifs is 1. The molecule has 0 bridgehead atoms. The molecule has 1 saturated heterocycles. The molecule has 0 unspecified atom stereocenters. The van der Waals surface area contributed by atoms with Crippen molar-refractivity contribution in [2.45, 2.75) is 44.6 Å². The van der Waals surface area contributed by atoms with Crippen molar-refractivity contribution in [2.75, 3.05) is 18.5 Å². The molecule has 1 fully saturated rings. The fourth-order valence-corrected chi connectivity index (χ4v) is 4.71. The van der Waals surface area contributed by atoms with Crippen LogP contribution in [0, 0.1) is 0 Å². The van der Waals surface area contributed by atoms with E-state index >= 15 is 0 Å². The normalized spacial score (nSPS) is 17.2. The van der Waals surface area contributed by atoms with Crippen molar-refractivity contribution >= 4 is 23.0 Å². The summed E-state index contributed by atoms with van der Waals surface area (Å²) in [5.74, 6) is 0.597. The van der Waals surface area contributed by atoms with E-state index in [4.69, 9.17) is 19.6 Å². The highest BCUT2D eigenvalue weighted by atomic mass is 16.5. The standard InChI is InChI=1S/C29H31N3O5/c33-19-22-13-15-27(37-22)32-25-10-5-4-9-24(25)31-29(32)30-18-20-12-14-23(21-7-2-1-3-8-21)26(17-20)36-16-6-11-28(34)35/h1-5,7-10,12,14,17,22,27,33H,6,11,13,15-16,18-19H2,(H,30,31)(H,34,35)/t22-,27+/m0/s1. The topological polar surface area (TPSA) is 106 Å². The number of benzene rings is 3. The van der Waals surface area contributed by atoms with Gasteiger partial charge in [-0.3, -0.25) is 9.36 Å². The van der Waals surface area contributed by atoms with E-state index in [1.165, 1.54) is 0 Å². The Bertz CT molecular complexity index is 1350. The first-order valence-corrected chi connectivity index (χ1v) is 12.6. The molecule has 0 spiro atoms. The van der Waals surface area contributed by atoms with Gasteiger partial charge in [-0.1, -0.05) is 54.6 Å². The van der Waals surface area contributed by atoms with Gasteiger partial charge in [0.05, 0.1) is 30.4 Å². The summed E-state index contributed by atoms with van der Waals surface area (Å²) in [5, 5.41) is 22.0. The summed E-state index contributed by atoms with van der Waals surface area (Å²) in [7, 11) is 0. The molecule has 5 rings (SSSR count). The van der Waals surface area contributed by atoms with Gasteiger partial charge in [0.15, 0.2) is 0 Å². The number of anilines is 1. The minimum atomic E-state index is -0.829. The van der Waals surface area contributed by atoms with Gasteiger partial charge in [-0.15, -0.1) is 0 Å². The first-order chi connectivity index (χ1) is 18.1. The van der Waals surface area contributed by atoms with Crippen LogP contribution in [-0.2, 0) is 16.1 Å². The summed E-state index contributed by atoms with van der Waals surface area (Å²) < 4.78 is 14.2. The van der Waals surface area contributed by atoms with Crippen LogP contribution in [0.2, 0.25) is 0 Å². The van der Waals surface area contributed by atoms with Gasteiger partial charge >= 0.3 is 5.97 Å². The van der Waals surface area contributed by atoms with Gasteiger partial charge in [0.2, 0.25) is 5.95 Å². The minimum Gasteiger partial charge on any atom is -0.493 e. The van der Waals surface area contributed by atoms with Crippen LogP contribution < -0.4 is 10.1 Å². The number of nitrogens with one attached hydrogen (secondary N) is 1. The Hall–Kier alpha value is -3.88. The highest BCUT2D eigenvalue weighted by molar-refractivity contribution is 5.79. The van der Waals surface area contributed by atoms with Crippen LogP contribution in [0.25, 0.3) is 22.2 Å². The Morgan fingerprint density at radius 2 is 1.89 bits per heavy atom. The summed E-state index contributed by atoms with van der Waals surface area (Å²) in [6.07, 6.45) is 1.76. The molecule has 1 aromatic heterocycles. The van der Waals surface area contributed by atoms with E-state index < -0.39 is 5.97 Å². The van der Waals surface area contributed by atoms with Gasteiger partial charge in [0.1, 0.15) is 12.0 Å². The van der Waals surface area contributed by atoms with Crippen molar-refractivity contribution < 1.29 is 24.5 Å². The van der Waals surface area contributed by atoms with Crippen LogP contribution in [0.3, 0.4) is 0 Å². The number of nitrogens with zero attached hydrogens (tertiary/aromatic N) is 2. The van der Waals surface area contributed by atoms with Gasteiger partial charge in [-0.05, 0) is 48.6 Å². The second kappa shape index (κ2) is 11.5. The SMILES string of the molecule is O=C(O)CCCOc1cc(CNc2nc3ccccc3n2[C@H]2CC[C@@H](CO)O2)ccc1-c1ccccc1. The molecule has 8 heteroatoms. The molecule has 0 saturated carbocycles. The number of aromatic nitrogens is 2. The van der Waals surface area contributed by atoms with E-state index in [2.05, 4.69) is 16.0 Å². The van der Waals surface area contributed by atoms with E-state index in [1.807, 2.05) is 66.7 Å². The molecule has 192 valence electrons. The molecule has 1 aliphatic rings. The molecule has 0 amide bonds. The van der Waals surface area contributed by atoms with Crippen LogP contribution in [0.1, 0.15) is 37.5 Å². The number of aliphatic hydroxyl groups is 1. The number of carboxylic acid groups (broad SMARTS) is 1. The Labute approximate surface area is 215 Å². The lowest BCUT2D eigenvalue weighted by Crippen LogP contribution is -2.16. The number of carbonyl (C=O) groups is 1. The molecule has 2 atom stereocenters. The summed E-state index contributed by atoms with van der Waals surface area (Å²) in [4.78, 5) is 15.7. The van der Waals surface area contributed by atoms with Crippen LogP contribution in [-0.4, -0.2) is 45.1 Å². The van der Waals surface area contributed by atoms with Gasteiger partial charge in [-0.25, -0.2) is 4.98 Å². The average Bonchev–Trinajstić information content (AvgIpc) is 3.54. The Balaban J connectivity index is 1.38. The molecule has 2 heterocycles. The van der Waals surface area contributed by atoms with Gasteiger partial charge in [0, 0.05) is 18.5 Å². The van der Waals surface area contributed by atoms with Crippen molar-refractivity contribution in [3.63, 3.8) is 0 Å². The van der Waals surface area contributed by atoms with Crippen LogP contribution >= 0.6 is 0 Å². The summed E-state index contributed by atoms with van der Waals surface area (Å²) >= 11 is 0. The Morgan fingerprint density at radius 1 is 1.08 bits per heavy atom. The van der Waals surface area contributed by atoms with Crippen LogP contribution in [0.15, 0.2) is 72.8 Å². The van der Waals surface area contributed by atoms with E-state index in [-0.39, 0.29) is 25.4 Å². The maximum atomic E-state index is 10.9. The Kier molecular flexibility index (Phi) is 7.67. The molecular weight excluding hydrogens is 470 g/mol. The van der Waals surface area contributed by atoms with Crippen molar-refractivity contribution in [1.82, 2.24) is 9.55 Å². The predicted octanol–water partition coefficient (Wildman–Crippen LogP) is 5.23. The third kappa shape index (κ3) is 5.76. The first kappa shape index (κ1) is 24.8. The van der Waals surface area contributed by atoms with E-state index in [0.29, 0.717) is 31.3 Å². The maximum absolute atomic E-state index is 10.9. The average molecular weight is 502 g/mol. The van der Waals surface area contributed by atoms with Crippen LogP contribution in [0.4, 0.5) is 5.95 Å². The van der Waals surface area contributed by atoms with Gasteiger partial charge in [-0.2, -0.15) is 0 Å². The number of imidazole rings is 1. The molecule has 1 aliphatic heterocycles. The number of ether oxygens (including phenoxy) is 2. The quantitative estimate of drug-likeness (QED) is 0.242. The van der Waals surface area contributed by atoms with E-state index in [1.54, 1.807) is 0 Å². The molecule has 3 aromatic carbocycles. The second-order valence-electron chi connectivity index (χ2n) is 9.16. The van der Waals surface area contributed by atoms with Gasteiger partial charge in [0.25, 0.3) is 0 Å². The monoisotopic (exact) mass is 501 g/mol. The van der Waals surface area contributed by atoms with E-state index in [0.717, 1.165) is 40.6 Å². The molecule has 4 aromatic rings. The first-order valence-electron chi connectivity index (χ1n) is 12.6. The maximum Gasteiger partial charge on any atom is 0.303 e. The fraction of sp³-hybridized carbons (Fsp3) is 0.310. The summed E-state index contributed by atoms with van der Waals surface area (Å²) in [6, 6.07) is 24.0. The lowest BCUT2D eigenvalue weighted by atomic mass is 10.0. The highest BCUT2D eigenvalue weighted by Crippen LogP contribution is 2.35. The molecule has 3 N–H and O–H groups in total. The van der Waals surface area contributed by atoms with E-state index in [9.17, 15) is 9.90 Å². The number of aliphatic carboxylic acids is 1. The molecular formula is C29H31N3O5. The van der Waals surface area contributed by atoms with Crippen LogP contribution in [0.5, 0.6) is 5.75 Å². The largest absolute Gasteiger partial charge is 0.493 e. The highest BCUT2D eigenvalue weighted by Gasteiger charge is 2.29. The van der Waals surface area contributed by atoms with Crippen molar-refractivity contribution in [3.8, 4) is 16.9 Å². The fourth-order valence-electron chi connectivity index (χ4n) is 4.71. The lowest BCUT2D eigenvalue weighted by Gasteiger charge is -2.18. The zero-order valence-corrected chi connectivity index (χ0v) is 20.5. The zero-order valence-electron chi connectivity index (χ0n) is 20.5. The number of rotatable bonds is 11. The second-order valence-corrected chi connectivity index (χ2v) is 9.16. The number of carboxylic acids is 1. The molecule has 8 nitrogen and oxygen atoms in total. The third-order valence-electron chi connectivity index (χ3n) is 6.55. The summed E-state index contributed by atoms with van der Waals surface area (Å²) in [5.41, 5.74) is 4.86. The number of para-hydroxylation sites is 2. The zero-order chi connectivity index (χ0) is 25.6. The molecule has 37 heavy (non-hydrogen) atoms. The minimum absolute atomic E-state index is 0.00883. The molecule has 0 radical (unpaired) electrons.